The zero-order valence-corrected chi connectivity index (χ0v) is 20.8. The van der Waals surface area contributed by atoms with Gasteiger partial charge in [-0.25, -0.2) is 0 Å². The SMILES string of the molecule is CCCN(C)CCO[C@H]1CCOc2ccc(OCCCCNC(=O)c3cc4ccccc4[nH]3)cc21. The Hall–Kier alpha value is -3.03. The van der Waals surface area contributed by atoms with Crippen molar-refractivity contribution in [2.75, 3.05) is 46.5 Å². The maximum atomic E-state index is 12.4. The van der Waals surface area contributed by atoms with Crippen molar-refractivity contribution >= 4 is 16.8 Å². The first-order valence-electron chi connectivity index (χ1n) is 12.7. The van der Waals surface area contributed by atoms with Gasteiger partial charge in [0.2, 0.25) is 0 Å². The van der Waals surface area contributed by atoms with Crippen LogP contribution in [0.25, 0.3) is 10.9 Å². The van der Waals surface area contributed by atoms with Crippen molar-refractivity contribution < 1.29 is 19.0 Å². The molecule has 0 radical (unpaired) electrons. The number of nitrogens with zero attached hydrogens (tertiary/aromatic N) is 1. The van der Waals surface area contributed by atoms with Crippen molar-refractivity contribution in [1.82, 2.24) is 15.2 Å². The Morgan fingerprint density at radius 1 is 1.14 bits per heavy atom. The predicted molar refractivity (Wildman–Crippen MR) is 138 cm³/mol. The molecule has 1 amide bonds. The van der Waals surface area contributed by atoms with Gasteiger partial charge < -0.3 is 29.4 Å². The van der Waals surface area contributed by atoms with Crippen LogP contribution in [0.3, 0.4) is 0 Å². The van der Waals surface area contributed by atoms with Crippen LogP contribution < -0.4 is 14.8 Å². The lowest BCUT2D eigenvalue weighted by molar-refractivity contribution is 0.0150. The van der Waals surface area contributed by atoms with Crippen molar-refractivity contribution in [3.05, 3.63) is 59.8 Å². The van der Waals surface area contributed by atoms with Gasteiger partial charge in [0.25, 0.3) is 5.91 Å². The molecule has 188 valence electrons. The topological polar surface area (TPSA) is 75.8 Å². The number of aromatic amines is 1. The summed E-state index contributed by atoms with van der Waals surface area (Å²) in [5.74, 6) is 1.63. The summed E-state index contributed by atoms with van der Waals surface area (Å²) in [5.41, 5.74) is 2.63. The summed E-state index contributed by atoms with van der Waals surface area (Å²) in [6.07, 6.45) is 3.73. The van der Waals surface area contributed by atoms with Gasteiger partial charge in [-0.2, -0.15) is 0 Å². The number of aromatic nitrogens is 1. The molecule has 1 aliphatic heterocycles. The van der Waals surface area contributed by atoms with Crippen LogP contribution in [0.4, 0.5) is 0 Å². The summed E-state index contributed by atoms with van der Waals surface area (Å²) in [4.78, 5) is 17.8. The Kier molecular flexibility index (Phi) is 9.03. The third kappa shape index (κ3) is 6.99. The van der Waals surface area contributed by atoms with Crippen LogP contribution in [-0.2, 0) is 4.74 Å². The molecular weight excluding hydrogens is 442 g/mol. The number of likely N-dealkylation sites (N-methyl/N-ethyl adjacent to an activating group) is 1. The summed E-state index contributed by atoms with van der Waals surface area (Å²) in [6.45, 7) is 6.77. The molecule has 7 nitrogen and oxygen atoms in total. The highest BCUT2D eigenvalue weighted by Crippen LogP contribution is 2.37. The predicted octanol–water partition coefficient (Wildman–Crippen LogP) is 4.94. The Labute approximate surface area is 207 Å². The smallest absolute Gasteiger partial charge is 0.267 e. The van der Waals surface area contributed by atoms with Gasteiger partial charge in [-0.1, -0.05) is 25.1 Å². The number of fused-ring (bicyclic) bond motifs is 2. The van der Waals surface area contributed by atoms with Gasteiger partial charge in [-0.05, 0) is 63.2 Å². The molecule has 0 saturated carbocycles. The first kappa shape index (κ1) is 25.1. The molecule has 1 aliphatic rings. The van der Waals surface area contributed by atoms with Crippen LogP contribution in [0.1, 0.15) is 54.8 Å². The highest BCUT2D eigenvalue weighted by atomic mass is 16.5. The number of H-pyrrole nitrogens is 1. The fraction of sp³-hybridized carbons (Fsp3) is 0.464. The standard InChI is InChI=1S/C28H37N3O4/c1-3-14-31(2)15-18-35-27-12-17-34-26-11-10-22(20-23(26)27)33-16-7-6-13-29-28(32)25-19-21-8-4-5-9-24(21)30-25/h4-5,8-11,19-20,27,30H,3,6-7,12-18H2,1-2H3,(H,29,32)/t27-/m0/s1. The number of rotatable bonds is 13. The second kappa shape index (κ2) is 12.6. The molecule has 4 rings (SSSR count). The van der Waals surface area contributed by atoms with Crippen LogP contribution in [-0.4, -0.2) is 62.3 Å². The minimum absolute atomic E-state index is 0.0391. The number of para-hydroxylation sites is 1. The van der Waals surface area contributed by atoms with E-state index in [0.29, 0.717) is 32.1 Å². The maximum absolute atomic E-state index is 12.4. The molecule has 0 aliphatic carbocycles. The monoisotopic (exact) mass is 479 g/mol. The van der Waals surface area contributed by atoms with Gasteiger partial charge >= 0.3 is 0 Å². The Balaban J connectivity index is 1.18. The van der Waals surface area contributed by atoms with E-state index in [0.717, 1.165) is 66.7 Å². The number of hydrogen-bond acceptors (Lipinski definition) is 5. The largest absolute Gasteiger partial charge is 0.494 e. The number of benzene rings is 2. The Bertz CT molecular complexity index is 1060. The number of hydrogen-bond donors (Lipinski definition) is 2. The van der Waals surface area contributed by atoms with Crippen LogP contribution >= 0.6 is 0 Å². The molecule has 0 fully saturated rings. The lowest BCUT2D eigenvalue weighted by atomic mass is 10.0. The summed E-state index contributed by atoms with van der Waals surface area (Å²) in [7, 11) is 2.13. The van der Waals surface area contributed by atoms with E-state index in [2.05, 4.69) is 29.2 Å². The van der Waals surface area contributed by atoms with Gasteiger partial charge in [-0.15, -0.1) is 0 Å². The van der Waals surface area contributed by atoms with Gasteiger partial charge in [-0.3, -0.25) is 4.79 Å². The summed E-state index contributed by atoms with van der Waals surface area (Å²) >= 11 is 0. The van der Waals surface area contributed by atoms with Crippen molar-refractivity contribution in [3.8, 4) is 11.5 Å². The molecule has 35 heavy (non-hydrogen) atoms. The molecule has 7 heteroatoms. The molecule has 1 atom stereocenters. The van der Waals surface area contributed by atoms with Gasteiger partial charge in [0, 0.05) is 36.0 Å². The van der Waals surface area contributed by atoms with E-state index in [1.54, 1.807) is 0 Å². The number of nitrogens with one attached hydrogen (secondary N) is 2. The highest BCUT2D eigenvalue weighted by Gasteiger charge is 2.23. The molecule has 0 spiro atoms. The molecule has 0 saturated heterocycles. The fourth-order valence-electron chi connectivity index (χ4n) is 4.36. The van der Waals surface area contributed by atoms with E-state index in [1.807, 2.05) is 48.5 Å². The molecular formula is C28H37N3O4. The van der Waals surface area contributed by atoms with E-state index in [1.165, 1.54) is 0 Å². The Morgan fingerprint density at radius 2 is 2.03 bits per heavy atom. The zero-order chi connectivity index (χ0) is 24.5. The maximum Gasteiger partial charge on any atom is 0.267 e. The average molecular weight is 480 g/mol. The van der Waals surface area contributed by atoms with Crippen LogP contribution in [0.2, 0.25) is 0 Å². The van der Waals surface area contributed by atoms with Crippen molar-refractivity contribution in [3.63, 3.8) is 0 Å². The molecule has 0 bridgehead atoms. The summed E-state index contributed by atoms with van der Waals surface area (Å²) < 4.78 is 18.0. The van der Waals surface area contributed by atoms with E-state index in [9.17, 15) is 4.79 Å². The molecule has 1 aromatic heterocycles. The number of unbranched alkanes of at least 4 members (excludes halogenated alkanes) is 1. The first-order valence-corrected chi connectivity index (χ1v) is 12.7. The fourth-order valence-corrected chi connectivity index (χ4v) is 4.36. The average Bonchev–Trinajstić information content (AvgIpc) is 3.31. The minimum atomic E-state index is -0.0799. The van der Waals surface area contributed by atoms with E-state index in [-0.39, 0.29) is 12.0 Å². The third-order valence-corrected chi connectivity index (χ3v) is 6.26. The third-order valence-electron chi connectivity index (χ3n) is 6.26. The van der Waals surface area contributed by atoms with E-state index < -0.39 is 0 Å². The number of ether oxygens (including phenoxy) is 3. The highest BCUT2D eigenvalue weighted by molar-refractivity contribution is 5.97. The van der Waals surface area contributed by atoms with Gasteiger partial charge in [0.05, 0.1) is 25.9 Å². The lowest BCUT2D eigenvalue weighted by Gasteiger charge is -2.27. The Morgan fingerprint density at radius 3 is 2.89 bits per heavy atom. The van der Waals surface area contributed by atoms with Crippen LogP contribution in [0, 0.1) is 0 Å². The number of carbonyl (C=O) groups excluding carboxylic acids is 1. The molecule has 3 aromatic rings. The van der Waals surface area contributed by atoms with Gasteiger partial charge in [0.15, 0.2) is 0 Å². The van der Waals surface area contributed by atoms with Crippen molar-refractivity contribution in [1.29, 1.82) is 0 Å². The van der Waals surface area contributed by atoms with Crippen molar-refractivity contribution in [2.24, 2.45) is 0 Å². The lowest BCUT2D eigenvalue weighted by Crippen LogP contribution is -2.26. The van der Waals surface area contributed by atoms with Gasteiger partial charge in [0.1, 0.15) is 17.2 Å². The normalized spacial score (nSPS) is 15.1. The quantitative estimate of drug-likeness (QED) is 0.340. The number of carbonyl (C=O) groups is 1. The van der Waals surface area contributed by atoms with Crippen LogP contribution in [0.5, 0.6) is 11.5 Å². The summed E-state index contributed by atoms with van der Waals surface area (Å²) in [5, 5.41) is 4.02. The molecule has 2 heterocycles. The molecule has 2 N–H and O–H groups in total. The summed E-state index contributed by atoms with van der Waals surface area (Å²) in [6, 6.07) is 15.7. The molecule has 2 aromatic carbocycles. The van der Waals surface area contributed by atoms with E-state index >= 15 is 0 Å². The first-order chi connectivity index (χ1) is 17.1. The zero-order valence-electron chi connectivity index (χ0n) is 20.8. The molecule has 0 unspecified atom stereocenters. The van der Waals surface area contributed by atoms with Crippen LogP contribution in [0.15, 0.2) is 48.5 Å². The van der Waals surface area contributed by atoms with E-state index in [4.69, 9.17) is 14.2 Å². The minimum Gasteiger partial charge on any atom is -0.494 e. The second-order valence-electron chi connectivity index (χ2n) is 9.08. The second-order valence-corrected chi connectivity index (χ2v) is 9.08. The number of amides is 1. The van der Waals surface area contributed by atoms with Crippen molar-refractivity contribution in [2.45, 2.75) is 38.7 Å².